The molecule has 1 saturated carbocycles. The molecule has 0 spiro atoms. The maximum Gasteiger partial charge on any atom is 0.0831 e. The summed E-state index contributed by atoms with van der Waals surface area (Å²) >= 11 is 0. The fraction of sp³-hybridized carbons (Fsp3) is 0.600. The van der Waals surface area contributed by atoms with Gasteiger partial charge in [-0.15, -0.1) is 0 Å². The molecule has 0 bridgehead atoms. The van der Waals surface area contributed by atoms with Crippen molar-refractivity contribution in [3.05, 3.63) is 35.9 Å². The third-order valence-corrected chi connectivity index (χ3v) is 4.15. The molecule has 1 aliphatic rings. The number of rotatable bonds is 6. The van der Waals surface area contributed by atoms with Crippen LogP contribution in [0.25, 0.3) is 0 Å². The Morgan fingerprint density at radius 2 is 2.00 bits per heavy atom. The lowest BCUT2D eigenvalue weighted by atomic mass is 9.73. The van der Waals surface area contributed by atoms with Crippen LogP contribution < -0.4 is 5.32 Å². The summed E-state index contributed by atoms with van der Waals surface area (Å²) in [7, 11) is 3.90. The van der Waals surface area contributed by atoms with E-state index in [4.69, 9.17) is 4.74 Å². The molecule has 94 valence electrons. The quantitative estimate of drug-likeness (QED) is 0.816. The lowest BCUT2D eigenvalue weighted by Crippen LogP contribution is -2.55. The minimum absolute atomic E-state index is 0.101. The van der Waals surface area contributed by atoms with Crippen molar-refractivity contribution in [3.63, 3.8) is 0 Å². The Bertz CT molecular complexity index is 327. The highest BCUT2D eigenvalue weighted by molar-refractivity contribution is 5.15. The van der Waals surface area contributed by atoms with Crippen LogP contribution in [0.1, 0.15) is 31.2 Å². The van der Waals surface area contributed by atoms with Gasteiger partial charge in [-0.3, -0.25) is 0 Å². The summed E-state index contributed by atoms with van der Waals surface area (Å²) in [6.45, 7) is 0. The van der Waals surface area contributed by atoms with Crippen LogP contribution in [0.2, 0.25) is 0 Å². The zero-order chi connectivity index (χ0) is 12.1. The second kappa shape index (κ2) is 5.65. The van der Waals surface area contributed by atoms with E-state index in [1.54, 1.807) is 0 Å². The molecule has 1 aromatic rings. The molecule has 0 radical (unpaired) electrons. The van der Waals surface area contributed by atoms with Crippen LogP contribution in [0.5, 0.6) is 0 Å². The Morgan fingerprint density at radius 1 is 1.29 bits per heavy atom. The van der Waals surface area contributed by atoms with Gasteiger partial charge in [-0.2, -0.15) is 0 Å². The van der Waals surface area contributed by atoms with Crippen molar-refractivity contribution in [2.45, 2.75) is 43.7 Å². The summed E-state index contributed by atoms with van der Waals surface area (Å²) in [5.74, 6) is 0. The smallest absolute Gasteiger partial charge is 0.0831 e. The molecule has 1 atom stereocenters. The van der Waals surface area contributed by atoms with Gasteiger partial charge in [-0.1, -0.05) is 30.3 Å². The zero-order valence-corrected chi connectivity index (χ0v) is 10.9. The zero-order valence-electron chi connectivity index (χ0n) is 10.9. The molecule has 1 N–H and O–H groups in total. The number of ether oxygens (including phenoxy) is 1. The van der Waals surface area contributed by atoms with E-state index in [0.29, 0.717) is 6.04 Å². The van der Waals surface area contributed by atoms with Crippen molar-refractivity contribution in [2.75, 3.05) is 14.2 Å². The predicted octanol–water partition coefficient (Wildman–Crippen LogP) is 2.78. The first kappa shape index (κ1) is 12.6. The first-order valence-electron chi connectivity index (χ1n) is 6.57. The average molecular weight is 233 g/mol. The highest BCUT2D eigenvalue weighted by Gasteiger charge is 2.43. The molecule has 0 heterocycles. The number of benzene rings is 1. The molecule has 1 aliphatic carbocycles. The van der Waals surface area contributed by atoms with Crippen molar-refractivity contribution < 1.29 is 4.74 Å². The lowest BCUT2D eigenvalue weighted by Gasteiger charge is -2.46. The van der Waals surface area contributed by atoms with Gasteiger partial charge in [0, 0.05) is 13.2 Å². The molecule has 0 saturated heterocycles. The normalized spacial score (nSPS) is 19.6. The molecule has 1 unspecified atom stereocenters. The van der Waals surface area contributed by atoms with Gasteiger partial charge in [0.15, 0.2) is 0 Å². The van der Waals surface area contributed by atoms with E-state index in [1.165, 1.54) is 24.8 Å². The highest BCUT2D eigenvalue weighted by Crippen LogP contribution is 2.39. The molecule has 0 aliphatic heterocycles. The average Bonchev–Trinajstić information content (AvgIpc) is 2.33. The molecule has 1 fully saturated rings. The molecule has 1 aromatic carbocycles. The SMILES string of the molecule is CNC(CCc1ccccc1)C1(OC)CCC1. The maximum atomic E-state index is 5.75. The van der Waals surface area contributed by atoms with Crippen LogP contribution in [0.4, 0.5) is 0 Å². The Balaban J connectivity index is 1.92. The lowest BCUT2D eigenvalue weighted by molar-refractivity contribution is -0.0983. The maximum absolute atomic E-state index is 5.75. The van der Waals surface area contributed by atoms with Crippen molar-refractivity contribution in [1.82, 2.24) is 5.32 Å². The summed E-state index contributed by atoms with van der Waals surface area (Å²) in [6, 6.07) is 11.2. The monoisotopic (exact) mass is 233 g/mol. The summed E-state index contributed by atoms with van der Waals surface area (Å²) in [4.78, 5) is 0. The topological polar surface area (TPSA) is 21.3 Å². The third kappa shape index (κ3) is 2.70. The van der Waals surface area contributed by atoms with Gasteiger partial charge in [0.1, 0.15) is 0 Å². The molecule has 0 aromatic heterocycles. The first-order valence-corrected chi connectivity index (χ1v) is 6.57. The minimum Gasteiger partial charge on any atom is -0.377 e. The summed E-state index contributed by atoms with van der Waals surface area (Å²) in [6.07, 6.45) is 5.97. The molecular formula is C15H23NO. The van der Waals surface area contributed by atoms with Gasteiger partial charge in [0.25, 0.3) is 0 Å². The van der Waals surface area contributed by atoms with E-state index in [0.717, 1.165) is 12.8 Å². The summed E-state index contributed by atoms with van der Waals surface area (Å²) in [5.41, 5.74) is 1.52. The first-order chi connectivity index (χ1) is 8.30. The van der Waals surface area contributed by atoms with Gasteiger partial charge in [0.2, 0.25) is 0 Å². The number of nitrogens with one attached hydrogen (secondary N) is 1. The highest BCUT2D eigenvalue weighted by atomic mass is 16.5. The Kier molecular flexibility index (Phi) is 4.19. The standard InChI is InChI=1S/C15H23NO/c1-16-14(15(17-2)11-6-12-15)10-9-13-7-4-3-5-8-13/h3-5,7-8,14,16H,6,9-12H2,1-2H3. The van der Waals surface area contributed by atoms with Gasteiger partial charge in [-0.05, 0) is 44.7 Å². The van der Waals surface area contributed by atoms with Crippen molar-refractivity contribution >= 4 is 0 Å². The van der Waals surface area contributed by atoms with Crippen LogP contribution in [0, 0.1) is 0 Å². The van der Waals surface area contributed by atoms with Gasteiger partial charge in [-0.25, -0.2) is 0 Å². The molecule has 2 nitrogen and oxygen atoms in total. The van der Waals surface area contributed by atoms with E-state index < -0.39 is 0 Å². The van der Waals surface area contributed by atoms with Crippen LogP contribution in [-0.2, 0) is 11.2 Å². The molecular weight excluding hydrogens is 210 g/mol. The largest absolute Gasteiger partial charge is 0.377 e. The van der Waals surface area contributed by atoms with E-state index in [-0.39, 0.29) is 5.60 Å². The van der Waals surface area contributed by atoms with E-state index >= 15 is 0 Å². The van der Waals surface area contributed by atoms with Gasteiger partial charge >= 0.3 is 0 Å². The van der Waals surface area contributed by atoms with E-state index in [1.807, 2.05) is 7.11 Å². The second-order valence-electron chi connectivity index (χ2n) is 4.99. The second-order valence-corrected chi connectivity index (χ2v) is 4.99. The molecule has 17 heavy (non-hydrogen) atoms. The number of likely N-dealkylation sites (N-methyl/N-ethyl adjacent to an activating group) is 1. The number of hydrogen-bond donors (Lipinski definition) is 1. The van der Waals surface area contributed by atoms with E-state index in [9.17, 15) is 0 Å². The van der Waals surface area contributed by atoms with Crippen molar-refractivity contribution in [3.8, 4) is 0 Å². The molecule has 0 amide bonds. The summed E-state index contributed by atoms with van der Waals surface area (Å²) < 4.78 is 5.75. The van der Waals surface area contributed by atoms with Gasteiger partial charge in [0.05, 0.1) is 5.60 Å². The fourth-order valence-electron chi connectivity index (χ4n) is 2.85. The fourth-order valence-corrected chi connectivity index (χ4v) is 2.85. The molecule has 2 heteroatoms. The van der Waals surface area contributed by atoms with Crippen LogP contribution in [0.15, 0.2) is 30.3 Å². The van der Waals surface area contributed by atoms with E-state index in [2.05, 4.69) is 42.7 Å². The third-order valence-electron chi connectivity index (χ3n) is 4.15. The molecule has 2 rings (SSSR count). The van der Waals surface area contributed by atoms with Crippen molar-refractivity contribution in [2.24, 2.45) is 0 Å². The summed E-state index contributed by atoms with van der Waals surface area (Å²) in [5, 5.41) is 3.44. The number of methoxy groups -OCH3 is 1. The van der Waals surface area contributed by atoms with Crippen molar-refractivity contribution in [1.29, 1.82) is 0 Å². The number of hydrogen-bond acceptors (Lipinski definition) is 2. The van der Waals surface area contributed by atoms with Crippen LogP contribution >= 0.6 is 0 Å². The Labute approximate surface area is 104 Å². The van der Waals surface area contributed by atoms with Gasteiger partial charge < -0.3 is 10.1 Å². The predicted molar refractivity (Wildman–Crippen MR) is 71.2 cm³/mol. The Hall–Kier alpha value is -0.860. The Morgan fingerprint density at radius 3 is 2.47 bits per heavy atom. The minimum atomic E-state index is 0.101. The van der Waals surface area contributed by atoms with Crippen LogP contribution in [0.3, 0.4) is 0 Å². The number of aryl methyl sites for hydroxylation is 1. The van der Waals surface area contributed by atoms with Crippen LogP contribution in [-0.4, -0.2) is 25.8 Å².